The van der Waals surface area contributed by atoms with Gasteiger partial charge in [0.25, 0.3) is 0 Å². The number of benzene rings is 2. The molecule has 1 nitrogen and oxygen atoms in total. The Labute approximate surface area is 195 Å². The normalized spacial score (nSPS) is 21.9. The van der Waals surface area contributed by atoms with Gasteiger partial charge in [-0.1, -0.05) is 18.7 Å². The van der Waals surface area contributed by atoms with Crippen LogP contribution in [-0.4, -0.2) is 8.07 Å². The number of rotatable bonds is 1. The number of fused-ring (bicyclic) bond motifs is 1. The molecule has 30 heavy (non-hydrogen) atoms. The van der Waals surface area contributed by atoms with Crippen molar-refractivity contribution in [1.82, 2.24) is 0 Å². The molecular weight excluding hydrogens is 460 g/mol. The summed E-state index contributed by atoms with van der Waals surface area (Å²) in [6.45, 7) is 11.5. The SMILES string of the molecule is CC1=C2c3cc(C)oc3C1[Si]2(C)C.CC1=Cc2c(-c3ccccc3)cccc2[CH]1[Zr]. The van der Waals surface area contributed by atoms with Crippen molar-refractivity contribution in [2.75, 3.05) is 0 Å². The molecule has 4 aliphatic rings. The topological polar surface area (TPSA) is 13.1 Å². The van der Waals surface area contributed by atoms with Gasteiger partial charge in [-0.25, -0.2) is 0 Å². The van der Waals surface area contributed by atoms with Crippen molar-refractivity contribution in [2.45, 2.75) is 43.0 Å². The summed E-state index contributed by atoms with van der Waals surface area (Å²) in [4.78, 5) is 0. The molecule has 1 aromatic heterocycles. The van der Waals surface area contributed by atoms with E-state index in [0.717, 1.165) is 5.76 Å². The molecular formula is C27H27OSiZr. The molecule has 2 aromatic carbocycles. The van der Waals surface area contributed by atoms with E-state index in [2.05, 4.69) is 87.6 Å². The van der Waals surface area contributed by atoms with Gasteiger partial charge in [-0.15, -0.1) is 0 Å². The van der Waals surface area contributed by atoms with E-state index in [-0.39, 0.29) is 0 Å². The van der Waals surface area contributed by atoms with Crippen LogP contribution >= 0.6 is 0 Å². The summed E-state index contributed by atoms with van der Waals surface area (Å²) in [6.07, 6.45) is 2.36. The van der Waals surface area contributed by atoms with Crippen LogP contribution in [0.25, 0.3) is 22.4 Å². The van der Waals surface area contributed by atoms with Crippen molar-refractivity contribution in [1.29, 1.82) is 0 Å². The fourth-order valence-electron chi connectivity index (χ4n) is 5.71. The van der Waals surface area contributed by atoms with Crippen LogP contribution in [0.3, 0.4) is 0 Å². The molecule has 2 atom stereocenters. The van der Waals surface area contributed by atoms with Crippen LogP contribution in [0.1, 0.15) is 51.2 Å². The Morgan fingerprint density at radius 1 is 0.900 bits per heavy atom. The summed E-state index contributed by atoms with van der Waals surface area (Å²) in [5.41, 5.74) is 10.8. The van der Waals surface area contributed by atoms with Gasteiger partial charge in [0.05, 0.1) is 8.07 Å². The Morgan fingerprint density at radius 3 is 2.30 bits per heavy atom. The molecule has 2 aliphatic heterocycles. The van der Waals surface area contributed by atoms with Crippen molar-refractivity contribution in [3.8, 4) is 11.1 Å². The molecule has 0 amide bonds. The molecule has 2 unspecified atom stereocenters. The molecule has 2 bridgehead atoms. The van der Waals surface area contributed by atoms with E-state index < -0.39 is 8.07 Å². The quantitative estimate of drug-likeness (QED) is 0.322. The molecule has 7 rings (SSSR count). The Hall–Kier alpha value is -1.70. The van der Waals surface area contributed by atoms with Crippen LogP contribution in [-0.2, 0) is 24.7 Å². The molecule has 0 saturated carbocycles. The van der Waals surface area contributed by atoms with E-state index >= 15 is 0 Å². The van der Waals surface area contributed by atoms with Crippen LogP contribution in [0.4, 0.5) is 0 Å². The first-order valence-electron chi connectivity index (χ1n) is 10.7. The minimum atomic E-state index is -1.10. The summed E-state index contributed by atoms with van der Waals surface area (Å²) >= 11 is 1.58. The van der Waals surface area contributed by atoms with Gasteiger partial charge in [-0.2, -0.15) is 0 Å². The number of hydrogen-bond acceptors (Lipinski definition) is 1. The van der Waals surface area contributed by atoms with Crippen LogP contribution in [0.2, 0.25) is 13.1 Å². The minimum absolute atomic E-state index is 0.654. The molecule has 0 fully saturated rings. The summed E-state index contributed by atoms with van der Waals surface area (Å²) in [6, 6.07) is 19.6. The second-order valence-corrected chi connectivity index (χ2v) is 15.3. The monoisotopic (exact) mass is 485 g/mol. The first-order chi connectivity index (χ1) is 14.3. The Bertz CT molecular complexity index is 1210. The van der Waals surface area contributed by atoms with Gasteiger partial charge in [0, 0.05) is 11.1 Å². The van der Waals surface area contributed by atoms with Gasteiger partial charge in [0.15, 0.2) is 0 Å². The Kier molecular flexibility index (Phi) is 4.84. The summed E-state index contributed by atoms with van der Waals surface area (Å²) in [7, 11) is -1.10. The maximum absolute atomic E-state index is 5.78. The first-order valence-corrected chi connectivity index (χ1v) is 15.2. The van der Waals surface area contributed by atoms with Crippen molar-refractivity contribution in [3.63, 3.8) is 0 Å². The molecule has 149 valence electrons. The molecule has 3 heterocycles. The third-order valence-electron chi connectivity index (χ3n) is 6.97. The van der Waals surface area contributed by atoms with E-state index in [9.17, 15) is 0 Å². The summed E-state index contributed by atoms with van der Waals surface area (Å²) in [5.74, 6) is 2.35. The summed E-state index contributed by atoms with van der Waals surface area (Å²) < 4.78 is 6.43. The van der Waals surface area contributed by atoms with E-state index in [1.54, 1.807) is 35.5 Å². The molecule has 2 aliphatic carbocycles. The van der Waals surface area contributed by atoms with Crippen molar-refractivity contribution < 1.29 is 29.1 Å². The van der Waals surface area contributed by atoms with Gasteiger partial charge in [-0.05, 0) is 25.1 Å². The fraction of sp³-hybridized carbons (Fsp3) is 0.259. The zero-order valence-corrected chi connectivity index (χ0v) is 21.8. The van der Waals surface area contributed by atoms with E-state index in [1.807, 2.05) is 6.92 Å². The number of allylic oxidation sites excluding steroid dienone is 2. The van der Waals surface area contributed by atoms with Gasteiger partial charge in [-0.3, -0.25) is 0 Å². The van der Waals surface area contributed by atoms with E-state index in [1.165, 1.54) is 39.2 Å². The molecule has 0 N–H and O–H groups in total. The average molecular weight is 487 g/mol. The van der Waals surface area contributed by atoms with E-state index in [4.69, 9.17) is 4.42 Å². The van der Waals surface area contributed by atoms with Gasteiger partial charge >= 0.3 is 118 Å². The van der Waals surface area contributed by atoms with Crippen LogP contribution in [0.5, 0.6) is 0 Å². The predicted octanol–water partition coefficient (Wildman–Crippen LogP) is 7.62. The number of hydrogen-bond donors (Lipinski definition) is 0. The standard InChI is InChI=1S/C16H13.C11H14OSi.Zr/c1-12-10-14-8-5-9-15(16(14)11-12)13-6-3-2-4-7-13;1-6-5-8-9(12-6)11-7(2)10(8)13(11,3)4;/h2-11H,1H3;5,11H,1-4H3;. The Morgan fingerprint density at radius 2 is 1.63 bits per heavy atom. The average Bonchev–Trinajstić information content (AvgIpc) is 3.36. The zero-order valence-electron chi connectivity index (χ0n) is 18.3. The van der Waals surface area contributed by atoms with Crippen molar-refractivity contribution in [3.05, 3.63) is 94.0 Å². The first kappa shape index (κ1) is 20.2. The van der Waals surface area contributed by atoms with Crippen molar-refractivity contribution in [2.24, 2.45) is 0 Å². The van der Waals surface area contributed by atoms with Crippen LogP contribution < -0.4 is 0 Å². The molecule has 0 saturated heterocycles. The predicted molar refractivity (Wildman–Crippen MR) is 125 cm³/mol. The van der Waals surface area contributed by atoms with Crippen molar-refractivity contribution >= 4 is 19.3 Å². The second kappa shape index (κ2) is 7.18. The third-order valence-corrected chi connectivity index (χ3v) is 12.9. The molecule has 0 spiro atoms. The van der Waals surface area contributed by atoms with E-state index in [0.29, 0.717) is 9.17 Å². The number of aryl methyl sites for hydroxylation is 1. The third kappa shape index (κ3) is 2.89. The zero-order chi connectivity index (χ0) is 21.2. The molecule has 0 radical (unpaired) electrons. The fourth-order valence-corrected chi connectivity index (χ4v) is 10.7. The second-order valence-electron chi connectivity index (χ2n) is 9.34. The number of furan rings is 1. The van der Waals surface area contributed by atoms with Crippen LogP contribution in [0, 0.1) is 6.92 Å². The molecule has 3 aromatic rings. The van der Waals surface area contributed by atoms with Gasteiger partial charge in [0.2, 0.25) is 0 Å². The summed E-state index contributed by atoms with van der Waals surface area (Å²) in [5, 5.41) is 1.67. The van der Waals surface area contributed by atoms with Crippen LogP contribution in [0.15, 0.2) is 70.2 Å². The Balaban J connectivity index is 0.000000133. The maximum atomic E-state index is 5.78. The van der Waals surface area contributed by atoms with Gasteiger partial charge < -0.3 is 4.42 Å². The van der Waals surface area contributed by atoms with Gasteiger partial charge in [0.1, 0.15) is 11.5 Å². The molecule has 3 heteroatoms.